The molecule has 1 rings (SSSR count). The van der Waals surface area contributed by atoms with Crippen LogP contribution in [0.1, 0.15) is 52.7 Å². The Hall–Kier alpha value is -1.32. The maximum absolute atomic E-state index is 11.9. The molecule has 1 unspecified atom stereocenters. The largest absolute Gasteiger partial charge is 0.351 e. The minimum absolute atomic E-state index is 0.103. The van der Waals surface area contributed by atoms with E-state index >= 15 is 0 Å². The van der Waals surface area contributed by atoms with E-state index in [0.717, 1.165) is 18.5 Å². The van der Waals surface area contributed by atoms with E-state index in [1.165, 1.54) is 0 Å². The van der Waals surface area contributed by atoms with Crippen molar-refractivity contribution in [3.8, 4) is 0 Å². The van der Waals surface area contributed by atoms with E-state index in [9.17, 15) is 4.79 Å². The number of aromatic amines is 1. The maximum Gasteiger partial charge on any atom is 0.220 e. The molecule has 1 aromatic heterocycles. The molecule has 0 bridgehead atoms. The third-order valence-electron chi connectivity index (χ3n) is 3.58. The molecule has 0 saturated carbocycles. The van der Waals surface area contributed by atoms with Crippen LogP contribution >= 0.6 is 0 Å². The summed E-state index contributed by atoms with van der Waals surface area (Å²) in [5.74, 6) is 0.586. The molecule has 1 amide bonds. The van der Waals surface area contributed by atoms with Gasteiger partial charge in [0.25, 0.3) is 0 Å². The lowest BCUT2D eigenvalue weighted by Crippen LogP contribution is -2.48. The molecule has 0 aliphatic heterocycles. The molecule has 0 aliphatic rings. The van der Waals surface area contributed by atoms with E-state index in [2.05, 4.69) is 43.0 Å². The van der Waals surface area contributed by atoms with Gasteiger partial charge in [-0.1, -0.05) is 20.3 Å². The van der Waals surface area contributed by atoms with E-state index < -0.39 is 0 Å². The second-order valence-electron chi connectivity index (χ2n) is 5.52. The number of aryl methyl sites for hydroxylation is 1. The normalized spacial score (nSPS) is 13.3. The van der Waals surface area contributed by atoms with Crippen LogP contribution in [-0.2, 0) is 11.2 Å². The summed E-state index contributed by atoms with van der Waals surface area (Å²) >= 11 is 0. The molecule has 1 aromatic rings. The average Bonchev–Trinajstić information content (AvgIpc) is 2.79. The summed E-state index contributed by atoms with van der Waals surface area (Å²) in [5.41, 5.74) is 0.795. The number of nitrogens with zero attached hydrogens (tertiary/aromatic N) is 1. The third kappa shape index (κ3) is 4.51. The van der Waals surface area contributed by atoms with Crippen LogP contribution in [0, 0.1) is 5.92 Å². The summed E-state index contributed by atoms with van der Waals surface area (Å²) in [5, 5.41) is 3.13. The number of amides is 1. The van der Waals surface area contributed by atoms with E-state index in [0.29, 0.717) is 18.8 Å². The van der Waals surface area contributed by atoms with E-state index in [-0.39, 0.29) is 11.4 Å². The summed E-state index contributed by atoms with van der Waals surface area (Å²) < 4.78 is 0. The maximum atomic E-state index is 11.9. The SMILES string of the molecule is CCCC(C)C(C)(C)NC(=O)CCc1c[nH]cn1. The molecule has 0 saturated heterocycles. The number of hydrogen-bond donors (Lipinski definition) is 2. The van der Waals surface area contributed by atoms with Crippen LogP contribution in [0.4, 0.5) is 0 Å². The summed E-state index contributed by atoms with van der Waals surface area (Å²) in [6, 6.07) is 0. The quantitative estimate of drug-likeness (QED) is 0.782. The highest BCUT2D eigenvalue weighted by molar-refractivity contribution is 5.76. The zero-order valence-electron chi connectivity index (χ0n) is 11.9. The van der Waals surface area contributed by atoms with E-state index in [1.54, 1.807) is 6.33 Å². The molecule has 1 heterocycles. The number of imidazole rings is 1. The van der Waals surface area contributed by atoms with Gasteiger partial charge in [-0.2, -0.15) is 0 Å². The Morgan fingerprint density at radius 2 is 2.28 bits per heavy atom. The second-order valence-corrected chi connectivity index (χ2v) is 5.52. The van der Waals surface area contributed by atoms with Crippen LogP contribution in [-0.4, -0.2) is 21.4 Å². The Morgan fingerprint density at radius 1 is 1.56 bits per heavy atom. The first-order valence-electron chi connectivity index (χ1n) is 6.74. The fourth-order valence-electron chi connectivity index (χ4n) is 2.01. The van der Waals surface area contributed by atoms with Gasteiger partial charge in [0.2, 0.25) is 5.91 Å². The van der Waals surface area contributed by atoms with E-state index in [1.807, 2.05) is 6.20 Å². The minimum Gasteiger partial charge on any atom is -0.351 e. The van der Waals surface area contributed by atoms with Gasteiger partial charge < -0.3 is 10.3 Å². The molecular formula is C14H25N3O. The van der Waals surface area contributed by atoms with Crippen LogP contribution in [0.5, 0.6) is 0 Å². The molecule has 18 heavy (non-hydrogen) atoms. The highest BCUT2D eigenvalue weighted by Gasteiger charge is 2.26. The van der Waals surface area contributed by atoms with Gasteiger partial charge in [-0.05, 0) is 32.6 Å². The molecule has 0 aromatic carbocycles. The molecule has 2 N–H and O–H groups in total. The molecule has 4 heteroatoms. The molecule has 0 aliphatic carbocycles. The Morgan fingerprint density at radius 3 is 2.83 bits per heavy atom. The van der Waals surface area contributed by atoms with Crippen molar-refractivity contribution in [1.29, 1.82) is 0 Å². The highest BCUT2D eigenvalue weighted by atomic mass is 16.1. The first-order valence-corrected chi connectivity index (χ1v) is 6.74. The molecule has 4 nitrogen and oxygen atoms in total. The van der Waals surface area contributed by atoms with Crippen molar-refractivity contribution < 1.29 is 4.79 Å². The lowest BCUT2D eigenvalue weighted by Gasteiger charge is -2.33. The predicted octanol–water partition coefficient (Wildman–Crippen LogP) is 2.67. The van der Waals surface area contributed by atoms with Gasteiger partial charge in [-0.25, -0.2) is 4.98 Å². The zero-order valence-corrected chi connectivity index (χ0v) is 11.9. The Balaban J connectivity index is 2.38. The fourth-order valence-corrected chi connectivity index (χ4v) is 2.01. The zero-order chi connectivity index (χ0) is 13.6. The fraction of sp³-hybridized carbons (Fsp3) is 0.714. The van der Waals surface area contributed by atoms with Gasteiger partial charge in [0.05, 0.1) is 12.0 Å². The number of hydrogen-bond acceptors (Lipinski definition) is 2. The van der Waals surface area contributed by atoms with Gasteiger partial charge in [0.15, 0.2) is 0 Å². The molecule has 0 radical (unpaired) electrons. The van der Waals surface area contributed by atoms with Gasteiger partial charge in [0.1, 0.15) is 0 Å². The molecule has 102 valence electrons. The van der Waals surface area contributed by atoms with Crippen molar-refractivity contribution in [2.45, 2.75) is 58.9 Å². The Bertz CT molecular complexity index is 357. The molecule has 1 atom stereocenters. The monoisotopic (exact) mass is 251 g/mol. The first-order chi connectivity index (χ1) is 8.45. The van der Waals surface area contributed by atoms with Crippen molar-refractivity contribution >= 4 is 5.91 Å². The second kappa shape index (κ2) is 6.57. The smallest absolute Gasteiger partial charge is 0.220 e. The average molecular weight is 251 g/mol. The number of carbonyl (C=O) groups is 1. The van der Waals surface area contributed by atoms with Crippen molar-refractivity contribution in [2.75, 3.05) is 0 Å². The van der Waals surface area contributed by atoms with E-state index in [4.69, 9.17) is 0 Å². The van der Waals surface area contributed by atoms with Gasteiger partial charge >= 0.3 is 0 Å². The molecular weight excluding hydrogens is 226 g/mol. The molecule has 0 fully saturated rings. The minimum atomic E-state index is -0.140. The van der Waals surface area contributed by atoms with Crippen LogP contribution in [0.3, 0.4) is 0 Å². The topological polar surface area (TPSA) is 57.8 Å². The summed E-state index contributed by atoms with van der Waals surface area (Å²) in [6.45, 7) is 8.56. The van der Waals surface area contributed by atoms with Crippen molar-refractivity contribution in [1.82, 2.24) is 15.3 Å². The van der Waals surface area contributed by atoms with Gasteiger partial charge in [0, 0.05) is 18.2 Å². The van der Waals surface area contributed by atoms with Crippen LogP contribution in [0.25, 0.3) is 0 Å². The van der Waals surface area contributed by atoms with Crippen molar-refractivity contribution in [2.24, 2.45) is 5.92 Å². The van der Waals surface area contributed by atoms with Gasteiger partial charge in [-0.3, -0.25) is 4.79 Å². The number of carbonyl (C=O) groups excluding carboxylic acids is 1. The summed E-state index contributed by atoms with van der Waals surface area (Å²) in [4.78, 5) is 18.9. The lowest BCUT2D eigenvalue weighted by molar-refractivity contribution is -0.123. The number of rotatable bonds is 7. The van der Waals surface area contributed by atoms with Crippen molar-refractivity contribution in [3.05, 3.63) is 18.2 Å². The Labute approximate surface area is 110 Å². The molecule has 0 spiro atoms. The van der Waals surface area contributed by atoms with Crippen LogP contribution in [0.2, 0.25) is 0 Å². The number of H-pyrrole nitrogens is 1. The lowest BCUT2D eigenvalue weighted by atomic mass is 9.85. The Kier molecular flexibility index (Phi) is 5.38. The third-order valence-corrected chi connectivity index (χ3v) is 3.58. The predicted molar refractivity (Wildman–Crippen MR) is 73.2 cm³/mol. The summed E-state index contributed by atoms with van der Waals surface area (Å²) in [6.07, 6.45) is 6.93. The number of nitrogens with one attached hydrogen (secondary N) is 2. The summed E-state index contributed by atoms with van der Waals surface area (Å²) in [7, 11) is 0. The van der Waals surface area contributed by atoms with Gasteiger partial charge in [-0.15, -0.1) is 0 Å². The highest BCUT2D eigenvalue weighted by Crippen LogP contribution is 2.21. The first kappa shape index (κ1) is 14.7. The standard InChI is InChI=1S/C14H25N3O/c1-5-6-11(2)14(3,4)17-13(18)8-7-12-9-15-10-16-12/h9-11H,5-8H2,1-4H3,(H,15,16)(H,17,18). The van der Waals surface area contributed by atoms with Crippen LogP contribution < -0.4 is 5.32 Å². The van der Waals surface area contributed by atoms with Crippen molar-refractivity contribution in [3.63, 3.8) is 0 Å². The van der Waals surface area contributed by atoms with Crippen LogP contribution in [0.15, 0.2) is 12.5 Å². The number of aromatic nitrogens is 2.